The Morgan fingerprint density at radius 3 is 2.46 bits per heavy atom. The first-order valence-electron chi connectivity index (χ1n) is 9.55. The van der Waals surface area contributed by atoms with E-state index in [0.717, 1.165) is 36.6 Å². The van der Waals surface area contributed by atoms with Crippen LogP contribution >= 0.6 is 0 Å². The number of hydrogen-bond donors (Lipinski definition) is 2. The van der Waals surface area contributed by atoms with Gasteiger partial charge in [0.05, 0.1) is 5.69 Å². The summed E-state index contributed by atoms with van der Waals surface area (Å²) < 4.78 is 2.10. The molecule has 7 heteroatoms. The Labute approximate surface area is 165 Å². The van der Waals surface area contributed by atoms with Crippen molar-refractivity contribution in [3.05, 3.63) is 41.7 Å². The SMILES string of the molecule is CN1CCCn2c(-c3ccccc3)nc(C(=O)N[C@H](C(=O)O)C(C)(C)C)c2C1. The molecule has 1 amide bonds. The van der Waals surface area contributed by atoms with Gasteiger partial charge >= 0.3 is 5.97 Å². The van der Waals surface area contributed by atoms with E-state index in [-0.39, 0.29) is 0 Å². The molecule has 150 valence electrons. The monoisotopic (exact) mass is 384 g/mol. The zero-order chi connectivity index (χ0) is 20.5. The summed E-state index contributed by atoms with van der Waals surface area (Å²) in [6.45, 7) is 7.67. The highest BCUT2D eigenvalue weighted by molar-refractivity contribution is 5.96. The Bertz CT molecular complexity index is 868. The molecule has 2 heterocycles. The molecule has 1 aliphatic rings. The normalized spacial score (nSPS) is 16.1. The lowest BCUT2D eigenvalue weighted by molar-refractivity contribution is -0.142. The van der Waals surface area contributed by atoms with Crippen molar-refractivity contribution in [3.63, 3.8) is 0 Å². The van der Waals surface area contributed by atoms with Crippen molar-refractivity contribution in [2.75, 3.05) is 13.6 Å². The minimum absolute atomic E-state index is 0.308. The lowest BCUT2D eigenvalue weighted by atomic mass is 9.86. The van der Waals surface area contributed by atoms with Crippen molar-refractivity contribution in [1.29, 1.82) is 0 Å². The fraction of sp³-hybridized carbons (Fsp3) is 0.476. The molecule has 0 aliphatic carbocycles. The molecule has 1 atom stereocenters. The number of carbonyl (C=O) groups excluding carboxylic acids is 1. The number of amides is 1. The number of aromatic nitrogens is 2. The van der Waals surface area contributed by atoms with Crippen LogP contribution in [0.5, 0.6) is 0 Å². The van der Waals surface area contributed by atoms with Crippen LogP contribution in [0.15, 0.2) is 30.3 Å². The number of carboxylic acid groups (broad SMARTS) is 1. The van der Waals surface area contributed by atoms with E-state index in [0.29, 0.717) is 12.2 Å². The Kier molecular flexibility index (Phi) is 5.56. The number of hydrogen-bond acceptors (Lipinski definition) is 4. The summed E-state index contributed by atoms with van der Waals surface area (Å²) >= 11 is 0. The molecular formula is C21H28N4O3. The highest BCUT2D eigenvalue weighted by Crippen LogP contribution is 2.27. The van der Waals surface area contributed by atoms with Crippen molar-refractivity contribution in [2.45, 2.75) is 46.3 Å². The van der Waals surface area contributed by atoms with E-state index >= 15 is 0 Å². The van der Waals surface area contributed by atoms with Gasteiger partial charge in [-0.2, -0.15) is 0 Å². The molecule has 0 saturated heterocycles. The Morgan fingerprint density at radius 2 is 1.86 bits per heavy atom. The van der Waals surface area contributed by atoms with Crippen molar-refractivity contribution in [2.24, 2.45) is 5.41 Å². The summed E-state index contributed by atoms with van der Waals surface area (Å²) in [5, 5.41) is 12.3. The first kappa shape index (κ1) is 20.1. The molecule has 0 bridgehead atoms. The average Bonchev–Trinajstić information content (AvgIpc) is 2.86. The summed E-state index contributed by atoms with van der Waals surface area (Å²) in [5.41, 5.74) is 1.47. The van der Waals surface area contributed by atoms with Crippen LogP contribution in [0.25, 0.3) is 11.4 Å². The van der Waals surface area contributed by atoms with Gasteiger partial charge in [0.25, 0.3) is 5.91 Å². The number of imidazole rings is 1. The van der Waals surface area contributed by atoms with Gasteiger partial charge in [0, 0.05) is 18.7 Å². The van der Waals surface area contributed by atoms with Crippen LogP contribution in [0.3, 0.4) is 0 Å². The molecule has 1 aliphatic heterocycles. The smallest absolute Gasteiger partial charge is 0.326 e. The predicted octanol–water partition coefficient (Wildman–Crippen LogP) is 2.61. The second kappa shape index (κ2) is 7.75. The zero-order valence-electron chi connectivity index (χ0n) is 16.9. The predicted molar refractivity (Wildman–Crippen MR) is 107 cm³/mol. The molecule has 0 spiro atoms. The van der Waals surface area contributed by atoms with Gasteiger partial charge in [0.1, 0.15) is 11.9 Å². The molecular weight excluding hydrogens is 356 g/mol. The average molecular weight is 384 g/mol. The van der Waals surface area contributed by atoms with Crippen LogP contribution in [0.4, 0.5) is 0 Å². The Hall–Kier alpha value is -2.67. The van der Waals surface area contributed by atoms with Gasteiger partial charge in [0.15, 0.2) is 5.69 Å². The van der Waals surface area contributed by atoms with E-state index < -0.39 is 23.3 Å². The van der Waals surface area contributed by atoms with Crippen molar-refractivity contribution < 1.29 is 14.7 Å². The molecule has 0 saturated carbocycles. The topological polar surface area (TPSA) is 87.5 Å². The molecule has 1 aromatic carbocycles. The molecule has 1 aromatic heterocycles. The van der Waals surface area contributed by atoms with Gasteiger partial charge in [-0.25, -0.2) is 9.78 Å². The first-order valence-corrected chi connectivity index (χ1v) is 9.55. The fourth-order valence-corrected chi connectivity index (χ4v) is 3.56. The summed E-state index contributed by atoms with van der Waals surface area (Å²) in [6, 6.07) is 8.78. The quantitative estimate of drug-likeness (QED) is 0.846. The molecule has 2 aromatic rings. The maximum atomic E-state index is 13.1. The van der Waals surface area contributed by atoms with Crippen LogP contribution < -0.4 is 5.32 Å². The van der Waals surface area contributed by atoms with E-state index in [9.17, 15) is 14.7 Å². The van der Waals surface area contributed by atoms with Crippen molar-refractivity contribution >= 4 is 11.9 Å². The Morgan fingerprint density at radius 1 is 1.18 bits per heavy atom. The molecule has 0 fully saturated rings. The minimum Gasteiger partial charge on any atom is -0.480 e. The minimum atomic E-state index is -1.05. The number of rotatable bonds is 4. The number of nitrogens with one attached hydrogen (secondary N) is 1. The van der Waals surface area contributed by atoms with Gasteiger partial charge in [-0.05, 0) is 25.4 Å². The zero-order valence-corrected chi connectivity index (χ0v) is 16.9. The highest BCUT2D eigenvalue weighted by Gasteiger charge is 2.35. The summed E-state index contributed by atoms with van der Waals surface area (Å²) in [6.07, 6.45) is 0.959. The van der Waals surface area contributed by atoms with Crippen LogP contribution in [-0.2, 0) is 17.9 Å². The number of benzene rings is 1. The lowest BCUT2D eigenvalue weighted by Crippen LogP contribution is -2.49. The molecule has 2 N–H and O–H groups in total. The van der Waals surface area contributed by atoms with E-state index in [1.807, 2.05) is 37.4 Å². The fourth-order valence-electron chi connectivity index (χ4n) is 3.56. The van der Waals surface area contributed by atoms with E-state index in [2.05, 4.69) is 19.8 Å². The summed E-state index contributed by atoms with van der Waals surface area (Å²) in [7, 11) is 2.02. The Balaban J connectivity index is 2.04. The standard InChI is InChI=1S/C21H28N4O3/c1-21(2,3)17(20(27)28)23-19(26)16-15-13-24(4)11-8-12-25(15)18(22-16)14-9-6-5-7-10-14/h5-7,9-10,17H,8,11-13H2,1-4H3,(H,23,26)(H,27,28)/t17-/m1/s1. The van der Waals surface area contributed by atoms with E-state index in [1.165, 1.54) is 0 Å². The van der Waals surface area contributed by atoms with E-state index in [4.69, 9.17) is 0 Å². The van der Waals surface area contributed by atoms with Gasteiger partial charge in [-0.3, -0.25) is 4.79 Å². The first-order chi connectivity index (χ1) is 13.2. The van der Waals surface area contributed by atoms with Gasteiger partial charge < -0.3 is 19.9 Å². The largest absolute Gasteiger partial charge is 0.480 e. The second-order valence-electron chi connectivity index (χ2n) is 8.45. The third kappa shape index (κ3) is 4.09. The van der Waals surface area contributed by atoms with Crippen LogP contribution in [0, 0.1) is 5.41 Å². The number of carboxylic acids is 1. The van der Waals surface area contributed by atoms with Crippen LogP contribution in [0.1, 0.15) is 43.4 Å². The van der Waals surface area contributed by atoms with Crippen LogP contribution in [-0.4, -0.2) is 51.1 Å². The van der Waals surface area contributed by atoms with Gasteiger partial charge in [0.2, 0.25) is 0 Å². The summed E-state index contributed by atoms with van der Waals surface area (Å²) in [5.74, 6) is -0.742. The third-order valence-electron chi connectivity index (χ3n) is 5.05. The number of carbonyl (C=O) groups is 2. The maximum Gasteiger partial charge on any atom is 0.326 e. The highest BCUT2D eigenvalue weighted by atomic mass is 16.4. The molecule has 0 radical (unpaired) electrons. The summed E-state index contributed by atoms with van der Waals surface area (Å²) in [4.78, 5) is 31.6. The van der Waals surface area contributed by atoms with E-state index in [1.54, 1.807) is 20.8 Å². The lowest BCUT2D eigenvalue weighted by Gasteiger charge is -2.27. The molecule has 3 rings (SSSR count). The van der Waals surface area contributed by atoms with Crippen molar-refractivity contribution in [3.8, 4) is 11.4 Å². The number of nitrogens with zero attached hydrogens (tertiary/aromatic N) is 3. The third-order valence-corrected chi connectivity index (χ3v) is 5.05. The number of aliphatic carboxylic acids is 1. The number of fused-ring (bicyclic) bond motifs is 1. The maximum absolute atomic E-state index is 13.1. The van der Waals surface area contributed by atoms with Gasteiger partial charge in [-0.1, -0.05) is 51.1 Å². The van der Waals surface area contributed by atoms with Crippen LogP contribution in [0.2, 0.25) is 0 Å². The second-order valence-corrected chi connectivity index (χ2v) is 8.45. The molecule has 28 heavy (non-hydrogen) atoms. The van der Waals surface area contributed by atoms with Gasteiger partial charge in [-0.15, -0.1) is 0 Å². The molecule has 0 unspecified atom stereocenters. The molecule has 7 nitrogen and oxygen atoms in total. The van der Waals surface area contributed by atoms with Crippen molar-refractivity contribution in [1.82, 2.24) is 19.8 Å².